The number of likely N-dealkylation sites (N-methyl/N-ethyl adjacent to an activating group) is 1. The van der Waals surface area contributed by atoms with Crippen LogP contribution in [0.4, 0.5) is 0 Å². The summed E-state index contributed by atoms with van der Waals surface area (Å²) in [5.41, 5.74) is 0.163. The third kappa shape index (κ3) is 7.08. The number of ether oxygens (including phenoxy) is 1. The summed E-state index contributed by atoms with van der Waals surface area (Å²) in [4.78, 5) is 6.73. The Morgan fingerprint density at radius 3 is 2.35 bits per heavy atom. The number of nitrogens with zero attached hydrogens (tertiary/aromatic N) is 2. The highest BCUT2D eigenvalue weighted by Gasteiger charge is 2.34. The van der Waals surface area contributed by atoms with Gasteiger partial charge >= 0.3 is 0 Å². The molecule has 1 heterocycles. The molecule has 5 heteroatoms. The van der Waals surface area contributed by atoms with Crippen LogP contribution in [0.5, 0.6) is 0 Å². The van der Waals surface area contributed by atoms with Crippen molar-refractivity contribution in [1.29, 1.82) is 0 Å². The predicted octanol–water partition coefficient (Wildman–Crippen LogP) is 2.48. The van der Waals surface area contributed by atoms with Crippen molar-refractivity contribution in [2.24, 2.45) is 10.9 Å². The summed E-state index contributed by atoms with van der Waals surface area (Å²) < 4.78 is 5.54. The van der Waals surface area contributed by atoms with Crippen LogP contribution in [0.3, 0.4) is 0 Å². The summed E-state index contributed by atoms with van der Waals surface area (Å²) >= 11 is 0. The SMILES string of the molecule is CN=C(NCC1(N(C)C)CCOCC1)NC(C)CCCC(C)C. The van der Waals surface area contributed by atoms with E-state index in [4.69, 9.17) is 4.74 Å². The molecule has 1 saturated heterocycles. The minimum atomic E-state index is 0.163. The van der Waals surface area contributed by atoms with E-state index in [0.717, 1.165) is 44.5 Å². The van der Waals surface area contributed by atoms with Crippen molar-refractivity contribution in [3.8, 4) is 0 Å². The Balaban J connectivity index is 2.43. The Morgan fingerprint density at radius 2 is 1.83 bits per heavy atom. The van der Waals surface area contributed by atoms with Crippen molar-refractivity contribution in [2.45, 2.75) is 64.5 Å². The summed E-state index contributed by atoms with van der Waals surface area (Å²) in [5, 5.41) is 7.06. The third-order valence-corrected chi connectivity index (χ3v) is 4.98. The van der Waals surface area contributed by atoms with Gasteiger partial charge in [-0.2, -0.15) is 0 Å². The van der Waals surface area contributed by atoms with E-state index in [1.807, 2.05) is 7.05 Å². The molecule has 0 radical (unpaired) electrons. The van der Waals surface area contributed by atoms with Crippen molar-refractivity contribution in [1.82, 2.24) is 15.5 Å². The summed E-state index contributed by atoms with van der Waals surface area (Å²) in [6, 6.07) is 0.449. The van der Waals surface area contributed by atoms with Gasteiger partial charge in [-0.3, -0.25) is 4.99 Å². The summed E-state index contributed by atoms with van der Waals surface area (Å²) in [6.45, 7) is 9.40. The van der Waals surface area contributed by atoms with Crippen molar-refractivity contribution in [3.63, 3.8) is 0 Å². The van der Waals surface area contributed by atoms with Crippen LogP contribution in [-0.2, 0) is 4.74 Å². The number of hydrogen-bond donors (Lipinski definition) is 2. The molecule has 0 aromatic rings. The standard InChI is InChI=1S/C18H38N4O/c1-15(2)8-7-9-16(3)21-17(19-4)20-14-18(22(5)6)10-12-23-13-11-18/h15-16H,7-14H2,1-6H3,(H2,19,20,21). The fourth-order valence-corrected chi connectivity index (χ4v) is 3.11. The monoisotopic (exact) mass is 326 g/mol. The molecule has 1 aliphatic heterocycles. The summed E-state index contributed by atoms with van der Waals surface area (Å²) in [7, 11) is 6.18. The van der Waals surface area contributed by atoms with Gasteiger partial charge in [-0.15, -0.1) is 0 Å². The average Bonchev–Trinajstić information content (AvgIpc) is 2.51. The fraction of sp³-hybridized carbons (Fsp3) is 0.944. The van der Waals surface area contributed by atoms with Gasteiger partial charge < -0.3 is 20.3 Å². The van der Waals surface area contributed by atoms with Crippen LogP contribution in [0.1, 0.15) is 52.9 Å². The molecule has 5 nitrogen and oxygen atoms in total. The van der Waals surface area contributed by atoms with Crippen molar-refractivity contribution < 1.29 is 4.74 Å². The second-order valence-corrected chi connectivity index (χ2v) is 7.53. The second kappa shape index (κ2) is 10.1. The van der Waals surface area contributed by atoms with Gasteiger partial charge in [0.25, 0.3) is 0 Å². The van der Waals surface area contributed by atoms with Crippen molar-refractivity contribution in [3.05, 3.63) is 0 Å². The first-order valence-electron chi connectivity index (χ1n) is 9.12. The van der Waals surface area contributed by atoms with Crippen molar-refractivity contribution in [2.75, 3.05) is 40.9 Å². The van der Waals surface area contributed by atoms with Crippen molar-refractivity contribution >= 4 is 5.96 Å². The lowest BCUT2D eigenvalue weighted by molar-refractivity contribution is -0.00502. The highest BCUT2D eigenvalue weighted by Crippen LogP contribution is 2.25. The average molecular weight is 327 g/mol. The Hall–Kier alpha value is -0.810. The topological polar surface area (TPSA) is 48.9 Å². The van der Waals surface area contributed by atoms with Crippen LogP contribution in [0, 0.1) is 5.92 Å². The highest BCUT2D eigenvalue weighted by atomic mass is 16.5. The van der Waals surface area contributed by atoms with E-state index < -0.39 is 0 Å². The van der Waals surface area contributed by atoms with Gasteiger partial charge in [0.1, 0.15) is 0 Å². The molecule has 0 aromatic carbocycles. The molecule has 0 aromatic heterocycles. The van der Waals surface area contributed by atoms with E-state index in [0.29, 0.717) is 6.04 Å². The Morgan fingerprint density at radius 1 is 1.17 bits per heavy atom. The van der Waals surface area contributed by atoms with Gasteiger partial charge in [-0.1, -0.05) is 26.7 Å². The van der Waals surface area contributed by atoms with Gasteiger partial charge in [0.05, 0.1) is 0 Å². The molecule has 1 fully saturated rings. The maximum atomic E-state index is 5.54. The Bertz CT molecular complexity index is 349. The van der Waals surface area contributed by atoms with Crippen LogP contribution in [0.25, 0.3) is 0 Å². The van der Waals surface area contributed by atoms with E-state index >= 15 is 0 Å². The molecule has 1 aliphatic rings. The molecule has 1 unspecified atom stereocenters. The quantitative estimate of drug-likeness (QED) is 0.531. The normalized spacial score (nSPS) is 19.9. The zero-order valence-electron chi connectivity index (χ0n) is 16.1. The third-order valence-electron chi connectivity index (χ3n) is 4.98. The summed E-state index contributed by atoms with van der Waals surface area (Å²) in [5.74, 6) is 1.70. The van der Waals surface area contributed by atoms with Crippen LogP contribution >= 0.6 is 0 Å². The Kier molecular flexibility index (Phi) is 8.92. The first kappa shape index (κ1) is 20.2. The molecule has 0 saturated carbocycles. The number of rotatable bonds is 8. The zero-order valence-corrected chi connectivity index (χ0v) is 16.1. The van der Waals surface area contributed by atoms with Gasteiger partial charge in [-0.25, -0.2) is 0 Å². The number of guanidine groups is 1. The molecule has 0 amide bonds. The molecule has 23 heavy (non-hydrogen) atoms. The van der Waals surface area contributed by atoms with E-state index in [-0.39, 0.29) is 5.54 Å². The van der Waals surface area contributed by atoms with Gasteiger partial charge in [-0.05, 0) is 46.2 Å². The number of hydrogen-bond acceptors (Lipinski definition) is 3. The number of aliphatic imine (C=N–C) groups is 1. The van der Waals surface area contributed by atoms with E-state index in [1.54, 1.807) is 0 Å². The maximum Gasteiger partial charge on any atom is 0.191 e. The Labute approximate surface area is 143 Å². The van der Waals surface area contributed by atoms with Crippen LogP contribution in [0.15, 0.2) is 4.99 Å². The first-order valence-corrected chi connectivity index (χ1v) is 9.12. The molecule has 136 valence electrons. The van der Waals surface area contributed by atoms with E-state index in [9.17, 15) is 0 Å². The fourth-order valence-electron chi connectivity index (χ4n) is 3.11. The smallest absolute Gasteiger partial charge is 0.191 e. The lowest BCUT2D eigenvalue weighted by Gasteiger charge is -2.43. The molecule has 0 aliphatic carbocycles. The number of nitrogens with one attached hydrogen (secondary N) is 2. The highest BCUT2D eigenvalue weighted by molar-refractivity contribution is 5.80. The second-order valence-electron chi connectivity index (χ2n) is 7.53. The molecule has 0 spiro atoms. The molecule has 0 bridgehead atoms. The minimum Gasteiger partial charge on any atom is -0.381 e. The summed E-state index contributed by atoms with van der Waals surface area (Å²) in [6.07, 6.45) is 5.87. The minimum absolute atomic E-state index is 0.163. The molecular formula is C18H38N4O. The first-order chi connectivity index (χ1) is 10.9. The molecule has 1 rings (SSSR count). The predicted molar refractivity (Wildman–Crippen MR) is 99.1 cm³/mol. The van der Waals surface area contributed by atoms with Crippen LogP contribution < -0.4 is 10.6 Å². The zero-order chi connectivity index (χ0) is 17.3. The van der Waals surface area contributed by atoms with Gasteiger partial charge in [0, 0.05) is 38.4 Å². The van der Waals surface area contributed by atoms with E-state index in [2.05, 4.69) is 55.4 Å². The van der Waals surface area contributed by atoms with E-state index in [1.165, 1.54) is 19.3 Å². The molecule has 1 atom stereocenters. The molecular weight excluding hydrogens is 288 g/mol. The largest absolute Gasteiger partial charge is 0.381 e. The van der Waals surface area contributed by atoms with Crippen LogP contribution in [-0.4, -0.2) is 63.3 Å². The molecule has 2 N–H and O–H groups in total. The van der Waals surface area contributed by atoms with Crippen LogP contribution in [0.2, 0.25) is 0 Å². The lowest BCUT2D eigenvalue weighted by Crippen LogP contribution is -2.57. The van der Waals surface area contributed by atoms with Gasteiger partial charge in [0.2, 0.25) is 0 Å². The maximum absolute atomic E-state index is 5.54. The van der Waals surface area contributed by atoms with Gasteiger partial charge in [0.15, 0.2) is 5.96 Å². The lowest BCUT2D eigenvalue weighted by atomic mass is 9.88.